The van der Waals surface area contributed by atoms with Crippen LogP contribution in [0.4, 0.5) is 5.82 Å². The molecular weight excluding hydrogens is 234 g/mol. The molecule has 1 heterocycles. The summed E-state index contributed by atoms with van der Waals surface area (Å²) < 4.78 is 0. The molecule has 0 radical (unpaired) electrons. The molecule has 0 spiro atoms. The van der Waals surface area contributed by atoms with Gasteiger partial charge in [0.25, 0.3) is 5.91 Å². The maximum absolute atomic E-state index is 11.7. The van der Waals surface area contributed by atoms with Gasteiger partial charge in [0.05, 0.1) is 0 Å². The molecule has 2 amide bonds. The summed E-state index contributed by atoms with van der Waals surface area (Å²) in [5.41, 5.74) is 7.85. The van der Waals surface area contributed by atoms with E-state index in [1.54, 1.807) is 12.1 Å². The minimum absolute atomic E-state index is 0.201. The number of unbranched alkanes of at least 4 members (excludes halogenated alkanes) is 1. The number of anilines is 1. The van der Waals surface area contributed by atoms with E-state index in [-0.39, 0.29) is 11.8 Å². The number of primary amides is 1. The lowest BCUT2D eigenvalue weighted by atomic mass is 10.2. The van der Waals surface area contributed by atoms with Crippen LogP contribution >= 0.6 is 0 Å². The lowest BCUT2D eigenvalue weighted by Crippen LogP contribution is -2.25. The third-order valence-electron chi connectivity index (χ3n) is 2.31. The molecule has 7 heteroatoms. The van der Waals surface area contributed by atoms with Crippen LogP contribution in [-0.4, -0.2) is 23.3 Å². The van der Waals surface area contributed by atoms with Gasteiger partial charge in [-0.3, -0.25) is 9.59 Å². The lowest BCUT2D eigenvalue weighted by molar-refractivity contribution is -0.118. The molecule has 0 aliphatic carbocycles. The van der Waals surface area contributed by atoms with E-state index in [1.165, 1.54) is 6.20 Å². The van der Waals surface area contributed by atoms with Crippen molar-refractivity contribution in [3.63, 3.8) is 0 Å². The van der Waals surface area contributed by atoms with Crippen molar-refractivity contribution in [2.24, 2.45) is 11.6 Å². The number of pyridine rings is 1. The molecule has 1 aromatic rings. The van der Waals surface area contributed by atoms with Gasteiger partial charge in [-0.05, 0) is 25.0 Å². The zero-order valence-electron chi connectivity index (χ0n) is 9.98. The van der Waals surface area contributed by atoms with E-state index in [1.807, 2.05) is 0 Å². The fourth-order valence-corrected chi connectivity index (χ4v) is 1.38. The highest BCUT2D eigenvalue weighted by Crippen LogP contribution is 2.05. The van der Waals surface area contributed by atoms with Crippen LogP contribution in [0, 0.1) is 0 Å². The summed E-state index contributed by atoms with van der Waals surface area (Å²) in [6, 6.07) is 3.15. The van der Waals surface area contributed by atoms with Gasteiger partial charge in [0.15, 0.2) is 0 Å². The van der Waals surface area contributed by atoms with E-state index in [9.17, 15) is 9.59 Å². The fraction of sp³-hybridized carbons (Fsp3) is 0.364. The number of hydrogen-bond donors (Lipinski definition) is 4. The second-order valence-electron chi connectivity index (χ2n) is 3.75. The number of nitrogens with two attached hydrogens (primary N) is 2. The summed E-state index contributed by atoms with van der Waals surface area (Å²) >= 11 is 0. The van der Waals surface area contributed by atoms with Crippen LogP contribution < -0.4 is 22.3 Å². The Kier molecular flexibility index (Phi) is 5.59. The Morgan fingerprint density at radius 3 is 2.78 bits per heavy atom. The molecule has 0 aromatic carbocycles. The molecule has 7 nitrogen and oxygen atoms in total. The Hall–Kier alpha value is -2.15. The van der Waals surface area contributed by atoms with Gasteiger partial charge >= 0.3 is 0 Å². The van der Waals surface area contributed by atoms with E-state index in [4.69, 9.17) is 11.6 Å². The number of carbonyl (C=O) groups excluding carboxylic acids is 2. The SMILES string of the molecule is NNc1cc(C(=O)NCCCCC(N)=O)ccn1. The molecule has 0 saturated heterocycles. The molecular formula is C11H17N5O2. The van der Waals surface area contributed by atoms with E-state index in [0.717, 1.165) is 0 Å². The number of aromatic nitrogens is 1. The van der Waals surface area contributed by atoms with Gasteiger partial charge in [-0.25, -0.2) is 10.8 Å². The number of rotatable bonds is 7. The van der Waals surface area contributed by atoms with Crippen LogP contribution in [0.2, 0.25) is 0 Å². The molecule has 0 aliphatic heterocycles. The molecule has 0 saturated carbocycles. The molecule has 0 atom stereocenters. The predicted octanol–water partition coefficient (Wildman–Crippen LogP) is -0.247. The van der Waals surface area contributed by atoms with Crippen LogP contribution in [-0.2, 0) is 4.79 Å². The van der Waals surface area contributed by atoms with E-state index in [0.29, 0.717) is 37.2 Å². The van der Waals surface area contributed by atoms with Crippen molar-refractivity contribution in [1.82, 2.24) is 10.3 Å². The number of hydrogen-bond acceptors (Lipinski definition) is 5. The van der Waals surface area contributed by atoms with Crippen molar-refractivity contribution in [1.29, 1.82) is 0 Å². The van der Waals surface area contributed by atoms with Crippen molar-refractivity contribution in [2.45, 2.75) is 19.3 Å². The zero-order valence-corrected chi connectivity index (χ0v) is 9.98. The molecule has 98 valence electrons. The lowest BCUT2D eigenvalue weighted by Gasteiger charge is -2.05. The summed E-state index contributed by atoms with van der Waals surface area (Å²) in [5.74, 6) is 5.10. The van der Waals surface area contributed by atoms with E-state index < -0.39 is 0 Å². The molecule has 1 rings (SSSR count). The van der Waals surface area contributed by atoms with Crippen LogP contribution in [0.15, 0.2) is 18.3 Å². The monoisotopic (exact) mass is 251 g/mol. The quantitative estimate of drug-likeness (QED) is 0.302. The normalized spacial score (nSPS) is 9.83. The van der Waals surface area contributed by atoms with Gasteiger partial charge in [-0.15, -0.1) is 0 Å². The number of amides is 2. The summed E-state index contributed by atoms with van der Waals surface area (Å²) in [6.07, 6.45) is 3.22. The van der Waals surface area contributed by atoms with Crippen LogP contribution in [0.5, 0.6) is 0 Å². The van der Waals surface area contributed by atoms with E-state index in [2.05, 4.69) is 15.7 Å². The summed E-state index contributed by atoms with van der Waals surface area (Å²) in [5, 5.41) is 2.74. The minimum atomic E-state index is -0.325. The topological polar surface area (TPSA) is 123 Å². The molecule has 0 aliphatic rings. The highest BCUT2D eigenvalue weighted by Gasteiger charge is 2.05. The second-order valence-corrected chi connectivity index (χ2v) is 3.75. The Balaban J connectivity index is 2.33. The smallest absolute Gasteiger partial charge is 0.251 e. The first-order valence-corrected chi connectivity index (χ1v) is 5.62. The van der Waals surface area contributed by atoms with E-state index >= 15 is 0 Å². The molecule has 0 unspecified atom stereocenters. The Morgan fingerprint density at radius 2 is 2.11 bits per heavy atom. The predicted molar refractivity (Wildman–Crippen MR) is 67.4 cm³/mol. The van der Waals surface area contributed by atoms with Gasteiger partial charge in [0.1, 0.15) is 5.82 Å². The average Bonchev–Trinajstić information content (AvgIpc) is 2.37. The number of carbonyl (C=O) groups is 2. The minimum Gasteiger partial charge on any atom is -0.370 e. The van der Waals surface area contributed by atoms with Crippen molar-refractivity contribution in [3.05, 3.63) is 23.9 Å². The first-order valence-electron chi connectivity index (χ1n) is 5.62. The van der Waals surface area contributed by atoms with Gasteiger partial charge in [0, 0.05) is 24.7 Å². The number of hydrazine groups is 1. The van der Waals surface area contributed by atoms with Gasteiger partial charge < -0.3 is 16.5 Å². The fourth-order valence-electron chi connectivity index (χ4n) is 1.38. The molecule has 1 aromatic heterocycles. The molecule has 0 fully saturated rings. The van der Waals surface area contributed by atoms with Gasteiger partial charge in [-0.2, -0.15) is 0 Å². The Morgan fingerprint density at radius 1 is 1.33 bits per heavy atom. The van der Waals surface area contributed by atoms with Crippen LogP contribution in [0.1, 0.15) is 29.6 Å². The van der Waals surface area contributed by atoms with Gasteiger partial charge in [0.2, 0.25) is 5.91 Å². The number of nitrogens with one attached hydrogen (secondary N) is 2. The third-order valence-corrected chi connectivity index (χ3v) is 2.31. The maximum Gasteiger partial charge on any atom is 0.251 e. The second kappa shape index (κ2) is 7.23. The summed E-state index contributed by atoms with van der Waals surface area (Å²) in [7, 11) is 0. The first-order chi connectivity index (χ1) is 8.63. The van der Waals surface area contributed by atoms with Gasteiger partial charge in [-0.1, -0.05) is 0 Å². The van der Waals surface area contributed by atoms with Crippen LogP contribution in [0.25, 0.3) is 0 Å². The van der Waals surface area contributed by atoms with Crippen molar-refractivity contribution < 1.29 is 9.59 Å². The number of nitrogens with zero attached hydrogens (tertiary/aromatic N) is 1. The highest BCUT2D eigenvalue weighted by atomic mass is 16.2. The summed E-state index contributed by atoms with van der Waals surface area (Å²) in [6.45, 7) is 0.500. The largest absolute Gasteiger partial charge is 0.370 e. The maximum atomic E-state index is 11.7. The molecule has 18 heavy (non-hydrogen) atoms. The molecule has 0 bridgehead atoms. The highest BCUT2D eigenvalue weighted by molar-refractivity contribution is 5.94. The van der Waals surface area contributed by atoms with Crippen molar-refractivity contribution >= 4 is 17.6 Å². The van der Waals surface area contributed by atoms with Crippen LogP contribution in [0.3, 0.4) is 0 Å². The van der Waals surface area contributed by atoms with Crippen molar-refractivity contribution in [2.75, 3.05) is 12.0 Å². The Bertz CT molecular complexity index is 422. The molecule has 6 N–H and O–H groups in total. The first kappa shape index (κ1) is 13.9. The third kappa shape index (κ3) is 4.79. The average molecular weight is 251 g/mol. The van der Waals surface area contributed by atoms with Crippen molar-refractivity contribution in [3.8, 4) is 0 Å². The standard InChI is InChI=1S/C11H17N5O2/c12-9(17)3-1-2-5-15-11(18)8-4-6-14-10(7-8)16-13/h4,6-7H,1-3,5,13H2,(H2,12,17)(H,14,16)(H,15,18). The Labute approximate surface area is 105 Å². The number of nitrogen functional groups attached to an aromatic ring is 1. The zero-order chi connectivity index (χ0) is 13.4. The summed E-state index contributed by atoms with van der Waals surface area (Å²) in [4.78, 5) is 26.1.